The van der Waals surface area contributed by atoms with Gasteiger partial charge in [0.2, 0.25) is 9.05 Å². The molecule has 0 aliphatic rings. The lowest BCUT2D eigenvalue weighted by Crippen LogP contribution is -1.96. The largest absolute Gasteiger partial charge is 0.266 e. The molecule has 86 valence electrons. The first kappa shape index (κ1) is 11.7. The molecule has 0 spiro atoms. The molecule has 0 aliphatic heterocycles. The summed E-state index contributed by atoms with van der Waals surface area (Å²) in [5.74, 6) is -0.253. The Morgan fingerprint density at radius 1 is 1.44 bits per heavy atom. The molecule has 7 heteroatoms. The normalized spacial score (nSPS) is 12.2. The molecule has 1 aromatic heterocycles. The second-order valence-electron chi connectivity index (χ2n) is 3.41. The highest BCUT2D eigenvalue weighted by molar-refractivity contribution is 8.13. The number of aryl methyl sites for hydroxylation is 1. The number of halogens is 2. The summed E-state index contributed by atoms with van der Waals surface area (Å²) in [6.07, 6.45) is 0. The maximum absolute atomic E-state index is 11.1. The van der Waals surface area contributed by atoms with Crippen molar-refractivity contribution < 1.29 is 8.42 Å². The van der Waals surface area contributed by atoms with Crippen LogP contribution in [0.5, 0.6) is 0 Å². The first-order valence-corrected chi connectivity index (χ1v) is 7.26. The molecular weight excluding hydrogens is 271 g/mol. The molecule has 0 saturated carbocycles. The maximum Gasteiger partial charge on any atom is 0.236 e. The summed E-state index contributed by atoms with van der Waals surface area (Å²) in [7, 11) is 3.37. The van der Waals surface area contributed by atoms with Crippen LogP contribution in [0.2, 0.25) is 5.15 Å². The molecular formula is C9H8Cl2N2O2S. The van der Waals surface area contributed by atoms with Crippen LogP contribution in [0.25, 0.3) is 10.9 Å². The summed E-state index contributed by atoms with van der Waals surface area (Å²) in [5.41, 5.74) is 1.34. The van der Waals surface area contributed by atoms with Crippen molar-refractivity contribution >= 4 is 42.2 Å². The second kappa shape index (κ2) is 3.91. The molecule has 0 aliphatic carbocycles. The molecule has 0 saturated heterocycles. The first-order valence-electron chi connectivity index (χ1n) is 4.41. The van der Waals surface area contributed by atoms with Crippen molar-refractivity contribution in [3.8, 4) is 0 Å². The van der Waals surface area contributed by atoms with Gasteiger partial charge in [-0.15, -0.1) is 0 Å². The van der Waals surface area contributed by atoms with Crippen molar-refractivity contribution in [2.45, 2.75) is 5.75 Å². The van der Waals surface area contributed by atoms with Gasteiger partial charge in [0.25, 0.3) is 0 Å². The highest BCUT2D eigenvalue weighted by Crippen LogP contribution is 2.27. The minimum absolute atomic E-state index is 0.253. The molecule has 1 aromatic carbocycles. The highest BCUT2D eigenvalue weighted by Gasteiger charge is 2.15. The summed E-state index contributed by atoms with van der Waals surface area (Å²) in [5, 5.41) is 4.95. The van der Waals surface area contributed by atoms with Gasteiger partial charge in [-0.1, -0.05) is 23.7 Å². The van der Waals surface area contributed by atoms with Gasteiger partial charge >= 0.3 is 0 Å². The lowest BCUT2D eigenvalue weighted by Gasteiger charge is -2.00. The number of rotatable bonds is 2. The van der Waals surface area contributed by atoms with E-state index in [2.05, 4.69) is 5.10 Å². The Kier molecular flexibility index (Phi) is 2.86. The first-order chi connectivity index (χ1) is 7.38. The molecule has 0 bridgehead atoms. The molecule has 0 N–H and O–H groups in total. The van der Waals surface area contributed by atoms with E-state index >= 15 is 0 Å². The number of aromatic nitrogens is 2. The molecule has 0 fully saturated rings. The maximum atomic E-state index is 11.1. The van der Waals surface area contributed by atoms with Crippen LogP contribution in [0.1, 0.15) is 5.56 Å². The van der Waals surface area contributed by atoms with Gasteiger partial charge in [0.05, 0.1) is 11.3 Å². The van der Waals surface area contributed by atoms with E-state index in [0.29, 0.717) is 10.9 Å². The van der Waals surface area contributed by atoms with E-state index in [4.69, 9.17) is 22.3 Å². The average Bonchev–Trinajstić information content (AvgIpc) is 2.41. The van der Waals surface area contributed by atoms with Crippen LogP contribution in [0.3, 0.4) is 0 Å². The monoisotopic (exact) mass is 278 g/mol. The zero-order valence-electron chi connectivity index (χ0n) is 8.31. The van der Waals surface area contributed by atoms with E-state index in [1.807, 2.05) is 6.07 Å². The van der Waals surface area contributed by atoms with Crippen LogP contribution in [0.4, 0.5) is 0 Å². The molecule has 0 atom stereocenters. The van der Waals surface area contributed by atoms with Crippen molar-refractivity contribution in [1.82, 2.24) is 9.78 Å². The second-order valence-corrected chi connectivity index (χ2v) is 6.54. The summed E-state index contributed by atoms with van der Waals surface area (Å²) in [6, 6.07) is 5.24. The molecule has 16 heavy (non-hydrogen) atoms. The average molecular weight is 279 g/mol. The third kappa shape index (κ3) is 2.16. The van der Waals surface area contributed by atoms with Gasteiger partial charge in [-0.05, 0) is 11.6 Å². The third-order valence-corrected chi connectivity index (χ3v) is 3.50. The van der Waals surface area contributed by atoms with Gasteiger partial charge in [0.15, 0.2) is 5.15 Å². The minimum Gasteiger partial charge on any atom is -0.266 e. The molecule has 1 heterocycles. The van der Waals surface area contributed by atoms with Crippen molar-refractivity contribution in [3.63, 3.8) is 0 Å². The quantitative estimate of drug-likeness (QED) is 0.792. The van der Waals surface area contributed by atoms with Gasteiger partial charge in [0.1, 0.15) is 0 Å². The zero-order valence-corrected chi connectivity index (χ0v) is 10.6. The summed E-state index contributed by atoms with van der Waals surface area (Å²) >= 11 is 5.94. The third-order valence-electron chi connectivity index (χ3n) is 2.25. The van der Waals surface area contributed by atoms with E-state index in [-0.39, 0.29) is 10.9 Å². The molecule has 0 amide bonds. The molecule has 0 radical (unpaired) electrons. The predicted octanol–water partition coefficient (Wildman–Crippen LogP) is 2.30. The Morgan fingerprint density at radius 2 is 2.12 bits per heavy atom. The van der Waals surface area contributed by atoms with E-state index in [9.17, 15) is 8.42 Å². The van der Waals surface area contributed by atoms with Crippen LogP contribution in [-0.4, -0.2) is 18.2 Å². The van der Waals surface area contributed by atoms with Crippen LogP contribution in [0.15, 0.2) is 18.2 Å². The molecule has 4 nitrogen and oxygen atoms in total. The van der Waals surface area contributed by atoms with Gasteiger partial charge in [-0.3, -0.25) is 4.68 Å². The van der Waals surface area contributed by atoms with Crippen molar-refractivity contribution in [1.29, 1.82) is 0 Å². The summed E-state index contributed by atoms with van der Waals surface area (Å²) < 4.78 is 23.7. The van der Waals surface area contributed by atoms with Gasteiger partial charge < -0.3 is 0 Å². The van der Waals surface area contributed by atoms with Crippen LogP contribution in [0, 0.1) is 0 Å². The number of fused-ring (bicyclic) bond motifs is 1. The van der Waals surface area contributed by atoms with Crippen LogP contribution in [-0.2, 0) is 21.9 Å². The number of nitrogens with zero attached hydrogens (tertiary/aromatic N) is 2. The number of hydrogen-bond acceptors (Lipinski definition) is 3. The summed E-state index contributed by atoms with van der Waals surface area (Å²) in [4.78, 5) is 0. The Hall–Kier alpha value is -0.780. The van der Waals surface area contributed by atoms with E-state index < -0.39 is 9.05 Å². The van der Waals surface area contributed by atoms with Crippen molar-refractivity contribution in [2.75, 3.05) is 0 Å². The Labute approximate surface area is 102 Å². The molecule has 0 unspecified atom stereocenters. The minimum atomic E-state index is -3.60. The van der Waals surface area contributed by atoms with E-state index in [1.54, 1.807) is 23.9 Å². The standard InChI is InChI=1S/C9H8Cl2N2O2S/c1-13-7-4-2-3-6(5-16(11,14)15)8(7)9(10)12-13/h2-4H,5H2,1H3. The van der Waals surface area contributed by atoms with E-state index in [1.165, 1.54) is 0 Å². The van der Waals surface area contributed by atoms with Crippen molar-refractivity contribution in [2.24, 2.45) is 7.05 Å². The fourth-order valence-corrected chi connectivity index (χ4v) is 2.93. The van der Waals surface area contributed by atoms with Crippen LogP contribution < -0.4 is 0 Å². The topological polar surface area (TPSA) is 52.0 Å². The summed E-state index contributed by atoms with van der Waals surface area (Å²) in [6.45, 7) is 0. The van der Waals surface area contributed by atoms with Crippen molar-refractivity contribution in [3.05, 3.63) is 28.9 Å². The predicted molar refractivity (Wildman–Crippen MR) is 64.2 cm³/mol. The lowest BCUT2D eigenvalue weighted by atomic mass is 10.1. The Bertz CT molecular complexity index is 649. The van der Waals surface area contributed by atoms with Gasteiger partial charge in [0, 0.05) is 23.1 Å². The highest BCUT2D eigenvalue weighted by atomic mass is 35.7. The Morgan fingerprint density at radius 3 is 2.75 bits per heavy atom. The van der Waals surface area contributed by atoms with Gasteiger partial charge in [-0.2, -0.15) is 5.10 Å². The Balaban J connectivity index is 2.71. The fraction of sp³-hybridized carbons (Fsp3) is 0.222. The number of benzene rings is 1. The van der Waals surface area contributed by atoms with Crippen LogP contribution >= 0.6 is 22.3 Å². The van der Waals surface area contributed by atoms with Gasteiger partial charge in [-0.25, -0.2) is 8.42 Å². The number of hydrogen-bond donors (Lipinski definition) is 0. The fourth-order valence-electron chi connectivity index (χ4n) is 1.64. The zero-order chi connectivity index (χ0) is 11.9. The molecule has 2 aromatic rings. The smallest absolute Gasteiger partial charge is 0.236 e. The lowest BCUT2D eigenvalue weighted by molar-refractivity contribution is 0.609. The SMILES string of the molecule is Cn1nc(Cl)c2c(CS(=O)(=O)Cl)cccc21. The molecule has 2 rings (SSSR count). The van der Waals surface area contributed by atoms with E-state index in [0.717, 1.165) is 5.52 Å².